The fourth-order valence-corrected chi connectivity index (χ4v) is 0.953. The SMILES string of the molecule is COC(=O)c1cc(OC)cn1C. The molecule has 0 aliphatic heterocycles. The fraction of sp³-hybridized carbons (Fsp3) is 0.375. The second-order valence-electron chi connectivity index (χ2n) is 2.37. The lowest BCUT2D eigenvalue weighted by Crippen LogP contribution is -2.06. The Labute approximate surface area is 70.7 Å². The van der Waals surface area contributed by atoms with Gasteiger partial charge in [-0.1, -0.05) is 0 Å². The molecule has 66 valence electrons. The first kappa shape index (κ1) is 8.64. The van der Waals surface area contributed by atoms with Gasteiger partial charge in [-0.25, -0.2) is 4.79 Å². The van der Waals surface area contributed by atoms with Crippen LogP contribution in [0.1, 0.15) is 10.5 Å². The summed E-state index contributed by atoms with van der Waals surface area (Å²) >= 11 is 0. The van der Waals surface area contributed by atoms with Crippen LogP contribution in [0, 0.1) is 0 Å². The summed E-state index contributed by atoms with van der Waals surface area (Å²) in [4.78, 5) is 11.1. The molecule has 0 atom stereocenters. The number of rotatable bonds is 2. The van der Waals surface area contributed by atoms with Crippen LogP contribution in [0.3, 0.4) is 0 Å². The van der Waals surface area contributed by atoms with Crippen LogP contribution in [0.4, 0.5) is 0 Å². The molecule has 1 aromatic heterocycles. The highest BCUT2D eigenvalue weighted by Gasteiger charge is 2.11. The predicted octanol–water partition coefficient (Wildman–Crippen LogP) is 0.820. The minimum absolute atomic E-state index is 0.360. The summed E-state index contributed by atoms with van der Waals surface area (Å²) in [6, 6.07) is 1.63. The van der Waals surface area contributed by atoms with E-state index in [1.165, 1.54) is 7.11 Å². The molecule has 1 heterocycles. The summed E-state index contributed by atoms with van der Waals surface area (Å²) in [6.45, 7) is 0. The Morgan fingerprint density at radius 2 is 2.17 bits per heavy atom. The first-order valence-corrected chi connectivity index (χ1v) is 3.47. The van der Waals surface area contributed by atoms with Crippen LogP contribution in [-0.2, 0) is 11.8 Å². The van der Waals surface area contributed by atoms with Gasteiger partial charge in [-0.2, -0.15) is 0 Å². The number of hydrogen-bond acceptors (Lipinski definition) is 3. The molecule has 0 saturated carbocycles. The molecule has 4 nitrogen and oxygen atoms in total. The van der Waals surface area contributed by atoms with E-state index in [4.69, 9.17) is 4.74 Å². The third-order valence-electron chi connectivity index (χ3n) is 1.61. The largest absolute Gasteiger partial charge is 0.495 e. The van der Waals surface area contributed by atoms with E-state index in [1.807, 2.05) is 0 Å². The van der Waals surface area contributed by atoms with Crippen molar-refractivity contribution in [2.75, 3.05) is 14.2 Å². The van der Waals surface area contributed by atoms with Crippen LogP contribution in [0.25, 0.3) is 0 Å². The lowest BCUT2D eigenvalue weighted by Gasteiger charge is -1.97. The molecule has 0 bridgehead atoms. The molecule has 0 aromatic carbocycles. The third-order valence-corrected chi connectivity index (χ3v) is 1.61. The molecule has 0 spiro atoms. The van der Waals surface area contributed by atoms with Crippen LogP contribution in [0.15, 0.2) is 12.3 Å². The molecule has 4 heteroatoms. The molecular weight excluding hydrogens is 158 g/mol. The molecule has 0 radical (unpaired) electrons. The highest BCUT2D eigenvalue weighted by atomic mass is 16.5. The summed E-state index contributed by atoms with van der Waals surface area (Å²) in [7, 11) is 4.66. The fourth-order valence-electron chi connectivity index (χ4n) is 0.953. The summed E-state index contributed by atoms with van der Waals surface area (Å²) in [5.74, 6) is 0.290. The lowest BCUT2D eigenvalue weighted by molar-refractivity contribution is 0.0590. The van der Waals surface area contributed by atoms with E-state index in [2.05, 4.69) is 4.74 Å². The van der Waals surface area contributed by atoms with E-state index >= 15 is 0 Å². The van der Waals surface area contributed by atoms with Crippen molar-refractivity contribution in [3.05, 3.63) is 18.0 Å². The maximum atomic E-state index is 11.1. The minimum atomic E-state index is -0.360. The second-order valence-corrected chi connectivity index (χ2v) is 2.37. The molecule has 0 fully saturated rings. The Morgan fingerprint density at radius 3 is 2.58 bits per heavy atom. The minimum Gasteiger partial charge on any atom is -0.495 e. The van der Waals surface area contributed by atoms with Crippen molar-refractivity contribution in [2.24, 2.45) is 7.05 Å². The predicted molar refractivity (Wildman–Crippen MR) is 43.3 cm³/mol. The first-order chi connectivity index (χ1) is 5.69. The average molecular weight is 169 g/mol. The lowest BCUT2D eigenvalue weighted by atomic mass is 10.4. The van der Waals surface area contributed by atoms with Gasteiger partial charge in [0.05, 0.1) is 14.2 Å². The zero-order chi connectivity index (χ0) is 9.14. The highest BCUT2D eigenvalue weighted by Crippen LogP contribution is 2.14. The number of aromatic nitrogens is 1. The van der Waals surface area contributed by atoms with Crippen molar-refractivity contribution in [1.82, 2.24) is 4.57 Å². The Morgan fingerprint density at radius 1 is 1.50 bits per heavy atom. The Balaban J connectivity index is 2.99. The van der Waals surface area contributed by atoms with Gasteiger partial charge in [-0.05, 0) is 0 Å². The molecule has 0 N–H and O–H groups in total. The number of methoxy groups -OCH3 is 2. The quantitative estimate of drug-likeness (QED) is 0.615. The van der Waals surface area contributed by atoms with Gasteiger partial charge in [-0.3, -0.25) is 0 Å². The molecule has 1 rings (SSSR count). The number of nitrogens with zero attached hydrogens (tertiary/aromatic N) is 1. The maximum absolute atomic E-state index is 11.1. The van der Waals surface area contributed by atoms with E-state index in [0.717, 1.165) is 0 Å². The van der Waals surface area contributed by atoms with Crippen LogP contribution in [0.2, 0.25) is 0 Å². The van der Waals surface area contributed by atoms with Gasteiger partial charge < -0.3 is 14.0 Å². The number of carbonyl (C=O) groups is 1. The van der Waals surface area contributed by atoms with Gasteiger partial charge in [0.25, 0.3) is 0 Å². The van der Waals surface area contributed by atoms with Crippen molar-refractivity contribution in [3.63, 3.8) is 0 Å². The number of aryl methyl sites for hydroxylation is 1. The van der Waals surface area contributed by atoms with Crippen LogP contribution >= 0.6 is 0 Å². The van der Waals surface area contributed by atoms with Crippen molar-refractivity contribution >= 4 is 5.97 Å². The first-order valence-electron chi connectivity index (χ1n) is 3.47. The van der Waals surface area contributed by atoms with Gasteiger partial charge in [-0.15, -0.1) is 0 Å². The van der Waals surface area contributed by atoms with Gasteiger partial charge in [0.2, 0.25) is 0 Å². The molecular formula is C8H11NO3. The highest BCUT2D eigenvalue weighted by molar-refractivity contribution is 5.88. The number of hydrogen-bond donors (Lipinski definition) is 0. The summed E-state index contributed by atoms with van der Waals surface area (Å²) in [6.07, 6.45) is 1.71. The summed E-state index contributed by atoms with van der Waals surface area (Å²) in [5.41, 5.74) is 0.481. The van der Waals surface area contributed by atoms with E-state index in [-0.39, 0.29) is 5.97 Å². The number of carbonyl (C=O) groups excluding carboxylic acids is 1. The summed E-state index contributed by atoms with van der Waals surface area (Å²) in [5, 5.41) is 0. The molecule has 0 unspecified atom stereocenters. The summed E-state index contributed by atoms with van der Waals surface area (Å²) < 4.78 is 11.2. The van der Waals surface area contributed by atoms with Crippen molar-refractivity contribution in [3.8, 4) is 5.75 Å². The molecule has 0 aliphatic carbocycles. The maximum Gasteiger partial charge on any atom is 0.354 e. The van der Waals surface area contributed by atoms with Crippen molar-refractivity contribution in [1.29, 1.82) is 0 Å². The van der Waals surface area contributed by atoms with E-state index in [9.17, 15) is 4.79 Å². The van der Waals surface area contributed by atoms with Gasteiger partial charge >= 0.3 is 5.97 Å². The zero-order valence-corrected chi connectivity index (χ0v) is 7.33. The number of esters is 1. The zero-order valence-electron chi connectivity index (χ0n) is 7.33. The standard InChI is InChI=1S/C8H11NO3/c1-9-5-6(11-2)4-7(9)8(10)12-3/h4-5H,1-3H3. The average Bonchev–Trinajstić information content (AvgIpc) is 2.45. The van der Waals surface area contributed by atoms with E-state index in [1.54, 1.807) is 31.0 Å². The third kappa shape index (κ3) is 1.42. The monoisotopic (exact) mass is 169 g/mol. The van der Waals surface area contributed by atoms with Crippen LogP contribution in [-0.4, -0.2) is 24.8 Å². The van der Waals surface area contributed by atoms with E-state index in [0.29, 0.717) is 11.4 Å². The molecule has 0 amide bonds. The number of ether oxygens (including phenoxy) is 2. The molecule has 1 aromatic rings. The Bertz CT molecular complexity index is 290. The van der Waals surface area contributed by atoms with Gasteiger partial charge in [0.1, 0.15) is 11.4 Å². The van der Waals surface area contributed by atoms with Crippen molar-refractivity contribution in [2.45, 2.75) is 0 Å². The van der Waals surface area contributed by atoms with Crippen LogP contribution in [0.5, 0.6) is 5.75 Å². The topological polar surface area (TPSA) is 40.5 Å². The Kier molecular flexibility index (Phi) is 2.38. The normalized spacial score (nSPS) is 9.58. The second kappa shape index (κ2) is 3.30. The Hall–Kier alpha value is -1.45. The van der Waals surface area contributed by atoms with Gasteiger partial charge in [0, 0.05) is 19.3 Å². The molecule has 0 aliphatic rings. The van der Waals surface area contributed by atoms with Crippen LogP contribution < -0.4 is 4.74 Å². The smallest absolute Gasteiger partial charge is 0.354 e. The van der Waals surface area contributed by atoms with Crippen molar-refractivity contribution < 1.29 is 14.3 Å². The molecule has 12 heavy (non-hydrogen) atoms. The van der Waals surface area contributed by atoms with E-state index < -0.39 is 0 Å². The van der Waals surface area contributed by atoms with Gasteiger partial charge in [0.15, 0.2) is 0 Å². The molecule has 0 saturated heterocycles.